The van der Waals surface area contributed by atoms with Crippen LogP contribution in [0.2, 0.25) is 5.15 Å². The summed E-state index contributed by atoms with van der Waals surface area (Å²) in [7, 11) is 0. The van der Waals surface area contributed by atoms with Crippen LogP contribution in [0.5, 0.6) is 0 Å². The molecule has 2 aromatic heterocycles. The Labute approximate surface area is 136 Å². The standard InChI is InChI=1S/C13H15ClN4OS2/c1-8(20-2)6-10(19)18(15)13-11(14)17-12(21-13)9-4-3-5-16-7-9/h3-5,7-8H,6,15H2,1-2H3. The predicted molar refractivity (Wildman–Crippen MR) is 89.6 cm³/mol. The molecule has 0 radical (unpaired) electrons. The van der Waals surface area contributed by atoms with Crippen LogP contribution in [0.4, 0.5) is 5.00 Å². The second kappa shape index (κ2) is 7.22. The minimum absolute atomic E-state index is 0.180. The first kappa shape index (κ1) is 16.2. The Hall–Kier alpha value is -1.15. The summed E-state index contributed by atoms with van der Waals surface area (Å²) in [5.41, 5.74) is 0.842. The number of hydrazine groups is 1. The monoisotopic (exact) mass is 342 g/mol. The van der Waals surface area contributed by atoms with Gasteiger partial charge >= 0.3 is 0 Å². The van der Waals surface area contributed by atoms with E-state index in [-0.39, 0.29) is 16.3 Å². The molecule has 0 spiro atoms. The SMILES string of the molecule is CSC(C)CC(=O)N(N)c1sc(-c2cccnc2)nc1Cl. The molecule has 1 atom stereocenters. The van der Waals surface area contributed by atoms with Gasteiger partial charge in [0, 0.05) is 29.6 Å². The van der Waals surface area contributed by atoms with Crippen molar-refractivity contribution in [3.05, 3.63) is 29.7 Å². The van der Waals surface area contributed by atoms with Crippen LogP contribution in [0.15, 0.2) is 24.5 Å². The molecule has 2 N–H and O–H groups in total. The smallest absolute Gasteiger partial charge is 0.243 e. The van der Waals surface area contributed by atoms with Gasteiger partial charge in [0.05, 0.1) is 0 Å². The first-order chi connectivity index (χ1) is 10.0. The lowest BCUT2D eigenvalue weighted by atomic mass is 10.3. The van der Waals surface area contributed by atoms with Crippen molar-refractivity contribution in [2.45, 2.75) is 18.6 Å². The number of nitrogens with zero attached hydrogens (tertiary/aromatic N) is 3. The highest BCUT2D eigenvalue weighted by molar-refractivity contribution is 7.99. The van der Waals surface area contributed by atoms with E-state index in [1.807, 2.05) is 25.3 Å². The number of halogens is 1. The maximum atomic E-state index is 12.1. The molecule has 5 nitrogen and oxygen atoms in total. The number of thiazole rings is 1. The van der Waals surface area contributed by atoms with Gasteiger partial charge in [-0.2, -0.15) is 11.8 Å². The Morgan fingerprint density at radius 3 is 3.00 bits per heavy atom. The average molecular weight is 343 g/mol. The van der Waals surface area contributed by atoms with Gasteiger partial charge in [0.1, 0.15) is 5.01 Å². The number of anilines is 1. The topological polar surface area (TPSA) is 72.1 Å². The molecule has 1 amide bonds. The number of hydrogen-bond donors (Lipinski definition) is 1. The van der Waals surface area contributed by atoms with Crippen LogP contribution < -0.4 is 10.9 Å². The lowest BCUT2D eigenvalue weighted by molar-refractivity contribution is -0.118. The third kappa shape index (κ3) is 3.94. The number of nitrogens with two attached hydrogens (primary N) is 1. The molecule has 0 bridgehead atoms. The number of aromatic nitrogens is 2. The number of amides is 1. The first-order valence-corrected chi connectivity index (χ1v) is 8.68. The van der Waals surface area contributed by atoms with Gasteiger partial charge < -0.3 is 0 Å². The maximum absolute atomic E-state index is 12.1. The van der Waals surface area contributed by atoms with Crippen LogP contribution in [-0.2, 0) is 4.79 Å². The van der Waals surface area contributed by atoms with E-state index in [1.165, 1.54) is 11.3 Å². The number of hydrogen-bond acceptors (Lipinski definition) is 6. The number of pyridine rings is 1. The quantitative estimate of drug-likeness (QED) is 0.513. The molecule has 8 heteroatoms. The van der Waals surface area contributed by atoms with Gasteiger partial charge in [-0.25, -0.2) is 15.8 Å². The number of carbonyl (C=O) groups is 1. The van der Waals surface area contributed by atoms with E-state index in [4.69, 9.17) is 17.4 Å². The fourth-order valence-electron chi connectivity index (χ4n) is 1.60. The van der Waals surface area contributed by atoms with E-state index in [2.05, 4.69) is 9.97 Å². The minimum Gasteiger partial charge on any atom is -0.273 e. The summed E-state index contributed by atoms with van der Waals surface area (Å²) in [5.74, 6) is 5.70. The molecule has 2 heterocycles. The summed E-state index contributed by atoms with van der Waals surface area (Å²) >= 11 is 8.99. The van der Waals surface area contributed by atoms with Crippen molar-refractivity contribution in [2.24, 2.45) is 5.84 Å². The fraction of sp³-hybridized carbons (Fsp3) is 0.308. The average Bonchev–Trinajstić information content (AvgIpc) is 2.89. The summed E-state index contributed by atoms with van der Waals surface area (Å²) in [5, 5.41) is 2.66. The van der Waals surface area contributed by atoms with Crippen LogP contribution in [0, 0.1) is 0 Å². The summed E-state index contributed by atoms with van der Waals surface area (Å²) < 4.78 is 0. The molecule has 1 unspecified atom stereocenters. The minimum atomic E-state index is -0.180. The third-order valence-corrected chi connectivity index (χ3v) is 5.28. The molecule has 0 aliphatic heterocycles. The van der Waals surface area contributed by atoms with Gasteiger partial charge in [0.25, 0.3) is 0 Å². The molecule has 2 rings (SSSR count). The van der Waals surface area contributed by atoms with Crippen LogP contribution in [0.25, 0.3) is 10.6 Å². The number of rotatable bonds is 5. The lowest BCUT2D eigenvalue weighted by Crippen LogP contribution is -2.38. The number of thioether (sulfide) groups is 1. The van der Waals surface area contributed by atoms with Crippen LogP contribution in [0.1, 0.15) is 13.3 Å². The molecule has 112 valence electrons. The lowest BCUT2D eigenvalue weighted by Gasteiger charge is -2.16. The molecular formula is C13H15ClN4OS2. The Balaban J connectivity index is 2.21. The van der Waals surface area contributed by atoms with Crippen molar-refractivity contribution >= 4 is 45.6 Å². The zero-order valence-corrected chi connectivity index (χ0v) is 14.0. The second-order valence-electron chi connectivity index (χ2n) is 4.37. The van der Waals surface area contributed by atoms with Gasteiger partial charge in [-0.05, 0) is 18.4 Å². The van der Waals surface area contributed by atoms with Crippen molar-refractivity contribution in [1.82, 2.24) is 9.97 Å². The van der Waals surface area contributed by atoms with E-state index >= 15 is 0 Å². The van der Waals surface area contributed by atoms with Gasteiger partial charge in [0.2, 0.25) is 5.91 Å². The van der Waals surface area contributed by atoms with Crippen molar-refractivity contribution in [1.29, 1.82) is 0 Å². The first-order valence-electron chi connectivity index (χ1n) is 6.20. The van der Waals surface area contributed by atoms with E-state index in [0.717, 1.165) is 10.6 Å². The molecule has 0 saturated carbocycles. The molecule has 2 aromatic rings. The second-order valence-corrected chi connectivity index (χ2v) is 6.98. The summed E-state index contributed by atoms with van der Waals surface area (Å²) in [6, 6.07) is 3.69. The molecule has 21 heavy (non-hydrogen) atoms. The maximum Gasteiger partial charge on any atom is 0.243 e. The van der Waals surface area contributed by atoms with Crippen LogP contribution >= 0.6 is 34.7 Å². The molecule has 0 aromatic carbocycles. The predicted octanol–water partition coefficient (Wildman–Crippen LogP) is 3.21. The fourth-order valence-corrected chi connectivity index (χ4v) is 3.13. The highest BCUT2D eigenvalue weighted by atomic mass is 35.5. The Morgan fingerprint density at radius 1 is 1.62 bits per heavy atom. The van der Waals surface area contributed by atoms with Crippen molar-refractivity contribution in [3.8, 4) is 10.6 Å². The van der Waals surface area contributed by atoms with Crippen LogP contribution in [-0.4, -0.2) is 27.4 Å². The van der Waals surface area contributed by atoms with Crippen molar-refractivity contribution < 1.29 is 4.79 Å². The van der Waals surface area contributed by atoms with Crippen molar-refractivity contribution in [3.63, 3.8) is 0 Å². The van der Waals surface area contributed by atoms with Gasteiger partial charge in [0.15, 0.2) is 10.2 Å². The summed E-state index contributed by atoms with van der Waals surface area (Å²) in [4.78, 5) is 20.4. The molecule has 0 fully saturated rings. The van der Waals surface area contributed by atoms with Crippen LogP contribution in [0.3, 0.4) is 0 Å². The van der Waals surface area contributed by atoms with E-state index in [0.29, 0.717) is 16.4 Å². The zero-order valence-electron chi connectivity index (χ0n) is 11.6. The van der Waals surface area contributed by atoms with E-state index in [1.54, 1.807) is 24.2 Å². The molecule has 0 aliphatic rings. The zero-order chi connectivity index (χ0) is 15.4. The van der Waals surface area contributed by atoms with Gasteiger partial charge in [-0.15, -0.1) is 0 Å². The molecule has 0 saturated heterocycles. The highest BCUT2D eigenvalue weighted by Gasteiger charge is 2.21. The molecule has 0 aliphatic carbocycles. The van der Waals surface area contributed by atoms with Gasteiger partial charge in [-0.3, -0.25) is 9.78 Å². The largest absolute Gasteiger partial charge is 0.273 e. The van der Waals surface area contributed by atoms with Crippen molar-refractivity contribution in [2.75, 3.05) is 11.3 Å². The highest BCUT2D eigenvalue weighted by Crippen LogP contribution is 2.36. The Morgan fingerprint density at radius 2 is 2.38 bits per heavy atom. The Kier molecular flexibility index (Phi) is 5.58. The van der Waals surface area contributed by atoms with E-state index < -0.39 is 0 Å². The third-order valence-electron chi connectivity index (χ3n) is 2.83. The molecular weight excluding hydrogens is 328 g/mol. The van der Waals surface area contributed by atoms with Gasteiger partial charge in [-0.1, -0.05) is 29.9 Å². The van der Waals surface area contributed by atoms with E-state index in [9.17, 15) is 4.79 Å². The summed E-state index contributed by atoms with van der Waals surface area (Å²) in [6.07, 6.45) is 5.69. The normalized spacial score (nSPS) is 12.2. The Bertz CT molecular complexity index is 620. The number of carbonyl (C=O) groups excluding carboxylic acids is 1. The summed E-state index contributed by atoms with van der Waals surface area (Å²) in [6.45, 7) is 1.98.